The zero-order valence-corrected chi connectivity index (χ0v) is 14.5. The fourth-order valence-corrected chi connectivity index (χ4v) is 3.07. The second kappa shape index (κ2) is 6.48. The van der Waals surface area contributed by atoms with Crippen LogP contribution in [-0.2, 0) is 7.05 Å². The van der Waals surface area contributed by atoms with Crippen molar-refractivity contribution in [2.75, 3.05) is 0 Å². The number of nitrogens with one attached hydrogen (secondary N) is 1. The molecule has 4 aromatic rings. The Hall–Kier alpha value is -3.41. The molecule has 1 N–H and O–H groups in total. The molecule has 130 valence electrons. The average molecular weight is 346 g/mol. The third-order valence-electron chi connectivity index (χ3n) is 4.36. The molecule has 0 aliphatic rings. The summed E-state index contributed by atoms with van der Waals surface area (Å²) < 4.78 is 7.25. The second-order valence-electron chi connectivity index (χ2n) is 6.14. The van der Waals surface area contributed by atoms with Gasteiger partial charge in [-0.15, -0.1) is 0 Å². The summed E-state index contributed by atoms with van der Waals surface area (Å²) in [6.07, 6.45) is 3.17. The van der Waals surface area contributed by atoms with E-state index in [1.807, 2.05) is 62.5 Å². The molecule has 0 radical (unpaired) electrons. The molecule has 0 spiro atoms. The van der Waals surface area contributed by atoms with E-state index in [1.54, 1.807) is 17.1 Å². The molecule has 0 bridgehead atoms. The van der Waals surface area contributed by atoms with Gasteiger partial charge in [0.2, 0.25) is 0 Å². The van der Waals surface area contributed by atoms with Crippen molar-refractivity contribution >= 4 is 16.9 Å². The van der Waals surface area contributed by atoms with Crippen molar-refractivity contribution in [3.63, 3.8) is 0 Å². The summed E-state index contributed by atoms with van der Waals surface area (Å²) in [5.74, 6) is 0.462. The molecule has 1 amide bonds. The zero-order chi connectivity index (χ0) is 18.1. The first-order chi connectivity index (χ1) is 12.6. The van der Waals surface area contributed by atoms with Crippen LogP contribution >= 0.6 is 0 Å². The Balaban J connectivity index is 1.68. The fourth-order valence-electron chi connectivity index (χ4n) is 3.07. The maximum Gasteiger partial charge on any atom is 0.253 e. The van der Waals surface area contributed by atoms with Gasteiger partial charge in [0.25, 0.3) is 5.91 Å². The molecule has 1 unspecified atom stereocenters. The van der Waals surface area contributed by atoms with Gasteiger partial charge in [0.05, 0.1) is 17.5 Å². The molecular weight excluding hydrogens is 328 g/mol. The summed E-state index contributed by atoms with van der Waals surface area (Å²) in [4.78, 5) is 17.2. The van der Waals surface area contributed by atoms with Gasteiger partial charge in [0.15, 0.2) is 5.65 Å². The van der Waals surface area contributed by atoms with Gasteiger partial charge in [-0.1, -0.05) is 30.3 Å². The molecule has 4 rings (SSSR count). The molecule has 6 nitrogen and oxygen atoms in total. The number of pyridine rings is 1. The van der Waals surface area contributed by atoms with Crippen molar-refractivity contribution in [2.45, 2.75) is 13.0 Å². The number of nitrogens with zero attached hydrogens (tertiary/aromatic N) is 3. The molecule has 1 atom stereocenters. The molecule has 0 saturated carbocycles. The van der Waals surface area contributed by atoms with Crippen molar-refractivity contribution in [3.8, 4) is 0 Å². The standard InChI is InChI=1S/C20H18N4O2/c1-13-16-11-15(12-21-19(16)24(2)23-13)20(25)22-18(17-9-6-10-26-17)14-7-4-3-5-8-14/h3-12,18H,1-2H3,(H,22,25). The fraction of sp³-hybridized carbons (Fsp3) is 0.150. The van der Waals surface area contributed by atoms with Crippen LogP contribution in [0, 0.1) is 6.92 Å². The molecule has 26 heavy (non-hydrogen) atoms. The number of hydrogen-bond donors (Lipinski definition) is 1. The number of benzene rings is 1. The first-order valence-corrected chi connectivity index (χ1v) is 8.32. The highest BCUT2D eigenvalue weighted by Crippen LogP contribution is 2.23. The van der Waals surface area contributed by atoms with Crippen molar-refractivity contribution in [1.29, 1.82) is 0 Å². The lowest BCUT2D eigenvalue weighted by molar-refractivity contribution is 0.0939. The van der Waals surface area contributed by atoms with E-state index in [4.69, 9.17) is 4.42 Å². The Labute approximate surface area is 150 Å². The van der Waals surface area contributed by atoms with Gasteiger partial charge in [0.1, 0.15) is 11.8 Å². The normalized spacial score (nSPS) is 12.2. The van der Waals surface area contributed by atoms with Crippen LogP contribution in [0.2, 0.25) is 0 Å². The van der Waals surface area contributed by atoms with Crippen LogP contribution in [-0.4, -0.2) is 20.7 Å². The lowest BCUT2D eigenvalue weighted by atomic mass is 10.0. The Morgan fingerprint density at radius 2 is 2.00 bits per heavy atom. The quantitative estimate of drug-likeness (QED) is 0.615. The smallest absolute Gasteiger partial charge is 0.253 e. The van der Waals surface area contributed by atoms with E-state index in [1.165, 1.54) is 0 Å². The number of aryl methyl sites for hydroxylation is 2. The zero-order valence-electron chi connectivity index (χ0n) is 14.5. The minimum atomic E-state index is -0.371. The third kappa shape index (κ3) is 2.86. The van der Waals surface area contributed by atoms with E-state index >= 15 is 0 Å². The molecule has 0 aliphatic carbocycles. The summed E-state index contributed by atoms with van der Waals surface area (Å²) in [6.45, 7) is 1.90. The van der Waals surface area contributed by atoms with Crippen molar-refractivity contribution < 1.29 is 9.21 Å². The van der Waals surface area contributed by atoms with Gasteiger partial charge in [-0.05, 0) is 30.7 Å². The van der Waals surface area contributed by atoms with Crippen LogP contribution in [0.25, 0.3) is 11.0 Å². The summed E-state index contributed by atoms with van der Waals surface area (Å²) in [5, 5.41) is 8.26. The van der Waals surface area contributed by atoms with Gasteiger partial charge in [-0.3, -0.25) is 9.48 Å². The monoisotopic (exact) mass is 346 g/mol. The van der Waals surface area contributed by atoms with Crippen LogP contribution in [0.15, 0.2) is 65.4 Å². The van der Waals surface area contributed by atoms with E-state index in [2.05, 4.69) is 15.4 Å². The molecule has 1 aromatic carbocycles. The highest BCUT2D eigenvalue weighted by Gasteiger charge is 2.21. The van der Waals surface area contributed by atoms with Crippen molar-refractivity contribution in [3.05, 3.63) is 83.6 Å². The van der Waals surface area contributed by atoms with Crippen molar-refractivity contribution in [1.82, 2.24) is 20.1 Å². The summed E-state index contributed by atoms with van der Waals surface area (Å²) >= 11 is 0. The maximum atomic E-state index is 12.9. The number of fused-ring (bicyclic) bond motifs is 1. The van der Waals surface area contributed by atoms with Crippen LogP contribution in [0.5, 0.6) is 0 Å². The molecule has 3 heterocycles. The molecule has 0 aliphatic heterocycles. The number of furan rings is 1. The Morgan fingerprint density at radius 3 is 2.73 bits per heavy atom. The Kier molecular flexibility index (Phi) is 4.01. The number of aromatic nitrogens is 3. The SMILES string of the molecule is Cc1nn(C)c2ncc(C(=O)NC(c3ccccc3)c3ccco3)cc12. The number of carbonyl (C=O) groups is 1. The van der Waals surface area contributed by atoms with Gasteiger partial charge in [-0.2, -0.15) is 5.10 Å². The Morgan fingerprint density at radius 1 is 1.19 bits per heavy atom. The molecule has 3 aromatic heterocycles. The van der Waals surface area contributed by atoms with Crippen LogP contribution in [0.1, 0.15) is 33.4 Å². The highest BCUT2D eigenvalue weighted by molar-refractivity contribution is 5.97. The van der Waals surface area contributed by atoms with Gasteiger partial charge in [0, 0.05) is 18.6 Å². The third-order valence-corrected chi connectivity index (χ3v) is 4.36. The molecule has 0 fully saturated rings. The predicted molar refractivity (Wildman–Crippen MR) is 97.7 cm³/mol. The molecule has 6 heteroatoms. The molecule has 0 saturated heterocycles. The topological polar surface area (TPSA) is 73.0 Å². The van der Waals surface area contributed by atoms with E-state index in [0.29, 0.717) is 11.3 Å². The number of rotatable bonds is 4. The van der Waals surface area contributed by atoms with Crippen LogP contribution < -0.4 is 5.32 Å². The van der Waals surface area contributed by atoms with E-state index < -0.39 is 0 Å². The summed E-state index contributed by atoms with van der Waals surface area (Å²) in [5.41, 5.74) is 3.03. The summed E-state index contributed by atoms with van der Waals surface area (Å²) in [6, 6.07) is 14.8. The van der Waals surface area contributed by atoms with Gasteiger partial charge < -0.3 is 9.73 Å². The Bertz CT molecular complexity index is 1050. The van der Waals surface area contributed by atoms with Gasteiger partial charge in [-0.25, -0.2) is 4.98 Å². The second-order valence-corrected chi connectivity index (χ2v) is 6.14. The minimum absolute atomic E-state index is 0.215. The lowest BCUT2D eigenvalue weighted by Crippen LogP contribution is -2.29. The lowest BCUT2D eigenvalue weighted by Gasteiger charge is -2.17. The van der Waals surface area contributed by atoms with Crippen LogP contribution in [0.3, 0.4) is 0 Å². The van der Waals surface area contributed by atoms with E-state index in [9.17, 15) is 4.79 Å². The largest absolute Gasteiger partial charge is 0.467 e. The highest BCUT2D eigenvalue weighted by atomic mass is 16.3. The van der Waals surface area contributed by atoms with Gasteiger partial charge >= 0.3 is 0 Å². The minimum Gasteiger partial charge on any atom is -0.467 e. The first kappa shape index (κ1) is 16.1. The average Bonchev–Trinajstić information content (AvgIpc) is 3.29. The predicted octanol–water partition coefficient (Wildman–Crippen LogP) is 3.39. The molecular formula is C20H18N4O2. The summed E-state index contributed by atoms with van der Waals surface area (Å²) in [7, 11) is 1.84. The number of carbonyl (C=O) groups excluding carboxylic acids is 1. The number of amides is 1. The van der Waals surface area contributed by atoms with E-state index in [-0.39, 0.29) is 11.9 Å². The first-order valence-electron chi connectivity index (χ1n) is 8.32. The van der Waals surface area contributed by atoms with Crippen molar-refractivity contribution in [2.24, 2.45) is 7.05 Å². The van der Waals surface area contributed by atoms with Crippen LogP contribution in [0.4, 0.5) is 0 Å². The van der Waals surface area contributed by atoms with E-state index in [0.717, 1.165) is 22.3 Å². The number of hydrogen-bond acceptors (Lipinski definition) is 4. The maximum absolute atomic E-state index is 12.9.